The number of anilines is 1. The molecule has 36 heavy (non-hydrogen) atoms. The Morgan fingerprint density at radius 1 is 1.08 bits per heavy atom. The lowest BCUT2D eigenvalue weighted by Gasteiger charge is -2.35. The largest absolute Gasteiger partial charge is 0.456 e. The molecule has 1 saturated heterocycles. The molecule has 9 nitrogen and oxygen atoms in total. The van der Waals surface area contributed by atoms with E-state index in [9.17, 15) is 25.4 Å². The van der Waals surface area contributed by atoms with Crippen LogP contribution in [0.5, 0.6) is 0 Å². The lowest BCUT2D eigenvalue weighted by molar-refractivity contribution is -0.185. The number of hydrogen-bond donors (Lipinski definition) is 4. The smallest absolute Gasteiger partial charge is 0.262 e. The Labute approximate surface area is 208 Å². The molecule has 0 unspecified atom stereocenters. The molecule has 1 aliphatic rings. The number of nitrogens with one attached hydrogen (secondary N) is 1. The summed E-state index contributed by atoms with van der Waals surface area (Å²) >= 11 is 0. The Bertz CT molecular complexity index is 1340. The van der Waals surface area contributed by atoms with Crippen LogP contribution in [0.2, 0.25) is 0 Å². The van der Waals surface area contributed by atoms with Gasteiger partial charge in [-0.1, -0.05) is 18.2 Å². The molecule has 4 rings (SSSR count). The maximum atomic E-state index is 12.7. The maximum absolute atomic E-state index is 12.7. The van der Waals surface area contributed by atoms with Crippen molar-refractivity contribution >= 4 is 27.9 Å². The van der Waals surface area contributed by atoms with Crippen molar-refractivity contribution in [1.82, 2.24) is 5.32 Å². The zero-order valence-corrected chi connectivity index (χ0v) is 20.3. The minimum atomic E-state index is -1.37. The zero-order valence-electron chi connectivity index (χ0n) is 20.3. The number of rotatable bonds is 6. The van der Waals surface area contributed by atoms with Crippen LogP contribution in [-0.4, -0.2) is 72.9 Å². The highest BCUT2D eigenvalue weighted by molar-refractivity contribution is 6.04. The first-order valence-corrected chi connectivity index (χ1v) is 11.6. The molecular formula is C27H29N3O6. The van der Waals surface area contributed by atoms with Gasteiger partial charge < -0.3 is 34.7 Å². The number of nitriles is 1. The monoisotopic (exact) mass is 491 g/mol. The molecule has 4 N–H and O–H groups in total. The Balaban J connectivity index is 1.50. The molecule has 0 radical (unpaired) electrons. The molecular weight excluding hydrogens is 462 g/mol. The molecule has 0 saturated carbocycles. The maximum Gasteiger partial charge on any atom is 0.262 e. The average molecular weight is 492 g/mol. The molecule has 0 bridgehead atoms. The van der Waals surface area contributed by atoms with Gasteiger partial charge in [0.05, 0.1) is 6.61 Å². The summed E-state index contributed by atoms with van der Waals surface area (Å²) in [6, 6.07) is 17.6. The fourth-order valence-electron chi connectivity index (χ4n) is 4.12. The summed E-state index contributed by atoms with van der Waals surface area (Å²) in [6.45, 7) is 1.31. The molecule has 1 aromatic heterocycles. The number of allylic oxidation sites excluding steroid dienone is 1. The number of ether oxygens (including phenoxy) is 1. The van der Waals surface area contributed by atoms with Crippen LogP contribution in [-0.2, 0) is 9.53 Å². The van der Waals surface area contributed by atoms with Gasteiger partial charge in [0.25, 0.3) is 5.91 Å². The highest BCUT2D eigenvalue weighted by Crippen LogP contribution is 2.30. The Kier molecular flexibility index (Phi) is 7.43. The summed E-state index contributed by atoms with van der Waals surface area (Å²) in [4.78, 5) is 14.7. The summed E-state index contributed by atoms with van der Waals surface area (Å²) in [5.74, 6) is 0.325. The van der Waals surface area contributed by atoms with E-state index in [0.29, 0.717) is 17.1 Å². The summed E-state index contributed by atoms with van der Waals surface area (Å²) in [5, 5.41) is 43.7. The first-order chi connectivity index (χ1) is 17.2. The number of aliphatic hydroxyl groups is 3. The number of aliphatic hydroxyl groups excluding tert-OH is 3. The molecule has 188 valence electrons. The number of furan rings is 1. The standard InChI is InChI=1S/C27H29N3O6/c1-15(20(12-28)27(34)29-13-24-26(33)25(32)21(31)14-35-24)22-8-9-23(36-22)18-5-4-17-11-19(30(2)3)7-6-16(17)10-18/h4-11,21,24-26,31-33H,13-14H2,1-3H3,(H,29,34)/b20-15+/t21-,24+,25+,26+/m0/s1. The number of nitrogens with zero attached hydrogens (tertiary/aromatic N) is 2. The molecule has 2 heterocycles. The van der Waals surface area contributed by atoms with Crippen LogP contribution in [0.4, 0.5) is 5.69 Å². The van der Waals surface area contributed by atoms with Gasteiger partial charge in [0.2, 0.25) is 0 Å². The molecule has 9 heteroatoms. The minimum absolute atomic E-state index is 0.141. The average Bonchev–Trinajstić information content (AvgIpc) is 3.37. The number of fused-ring (bicyclic) bond motifs is 1. The van der Waals surface area contributed by atoms with E-state index in [1.807, 2.05) is 55.4 Å². The fraction of sp³-hybridized carbons (Fsp3) is 0.333. The Morgan fingerprint density at radius 2 is 1.81 bits per heavy atom. The molecule has 1 fully saturated rings. The number of carbonyl (C=O) groups excluding carboxylic acids is 1. The van der Waals surface area contributed by atoms with Crippen LogP contribution in [0.3, 0.4) is 0 Å². The van der Waals surface area contributed by atoms with Gasteiger partial charge in [0, 0.05) is 37.5 Å². The highest BCUT2D eigenvalue weighted by atomic mass is 16.5. The van der Waals surface area contributed by atoms with E-state index in [0.717, 1.165) is 22.0 Å². The van der Waals surface area contributed by atoms with Gasteiger partial charge in [-0.2, -0.15) is 5.26 Å². The topological polar surface area (TPSA) is 139 Å². The molecule has 1 aliphatic heterocycles. The predicted molar refractivity (Wildman–Crippen MR) is 135 cm³/mol. The van der Waals surface area contributed by atoms with Crippen LogP contribution >= 0.6 is 0 Å². The van der Waals surface area contributed by atoms with Crippen molar-refractivity contribution in [1.29, 1.82) is 5.26 Å². The highest BCUT2D eigenvalue weighted by Gasteiger charge is 2.37. The summed E-state index contributed by atoms with van der Waals surface area (Å²) in [7, 11) is 3.99. The lowest BCUT2D eigenvalue weighted by atomic mass is 10.00. The molecule has 0 spiro atoms. The normalized spacial score (nSPS) is 22.6. The predicted octanol–water partition coefficient (Wildman–Crippen LogP) is 2.06. The van der Waals surface area contributed by atoms with E-state index in [4.69, 9.17) is 9.15 Å². The van der Waals surface area contributed by atoms with Crippen molar-refractivity contribution in [3.05, 3.63) is 59.9 Å². The second-order valence-electron chi connectivity index (χ2n) is 9.05. The number of amides is 1. The van der Waals surface area contributed by atoms with Crippen molar-refractivity contribution in [2.45, 2.75) is 31.3 Å². The van der Waals surface area contributed by atoms with E-state index < -0.39 is 30.3 Å². The van der Waals surface area contributed by atoms with Gasteiger partial charge in [-0.25, -0.2) is 0 Å². The molecule has 2 aromatic carbocycles. The first-order valence-electron chi connectivity index (χ1n) is 11.6. The van der Waals surface area contributed by atoms with Crippen LogP contribution in [0.15, 0.2) is 58.5 Å². The van der Waals surface area contributed by atoms with Crippen molar-refractivity contribution in [2.75, 3.05) is 32.1 Å². The summed E-state index contributed by atoms with van der Waals surface area (Å²) in [6.07, 6.45) is -4.85. The van der Waals surface area contributed by atoms with E-state index in [1.165, 1.54) is 0 Å². The van der Waals surface area contributed by atoms with Gasteiger partial charge in [-0.3, -0.25) is 4.79 Å². The fourth-order valence-corrected chi connectivity index (χ4v) is 4.12. The van der Waals surface area contributed by atoms with E-state index in [2.05, 4.69) is 11.4 Å². The summed E-state index contributed by atoms with van der Waals surface area (Å²) < 4.78 is 11.3. The quantitative estimate of drug-likeness (QED) is 0.304. The minimum Gasteiger partial charge on any atom is -0.456 e. The van der Waals surface area contributed by atoms with Crippen LogP contribution in [0.25, 0.3) is 27.7 Å². The SMILES string of the molecule is C/C(=C(/C#N)C(=O)NC[C@H]1OC[C@H](O)[C@@H](O)[C@@H]1O)c1ccc(-c2ccc3cc(N(C)C)ccc3c2)o1. The van der Waals surface area contributed by atoms with Gasteiger partial charge in [0.1, 0.15) is 47.6 Å². The van der Waals surface area contributed by atoms with E-state index in [1.54, 1.807) is 19.1 Å². The van der Waals surface area contributed by atoms with Crippen LogP contribution < -0.4 is 10.2 Å². The second-order valence-corrected chi connectivity index (χ2v) is 9.05. The third kappa shape index (κ3) is 5.12. The van der Waals surface area contributed by atoms with Gasteiger partial charge >= 0.3 is 0 Å². The molecule has 1 amide bonds. The Morgan fingerprint density at radius 3 is 2.53 bits per heavy atom. The van der Waals surface area contributed by atoms with E-state index in [-0.39, 0.29) is 18.7 Å². The van der Waals surface area contributed by atoms with Gasteiger partial charge in [-0.05, 0) is 48.0 Å². The van der Waals surface area contributed by atoms with Crippen LogP contribution in [0, 0.1) is 11.3 Å². The second kappa shape index (κ2) is 10.5. The Hall–Kier alpha value is -3.68. The summed E-state index contributed by atoms with van der Waals surface area (Å²) in [5.41, 5.74) is 2.19. The van der Waals surface area contributed by atoms with E-state index >= 15 is 0 Å². The van der Waals surface area contributed by atoms with Crippen molar-refractivity contribution in [3.63, 3.8) is 0 Å². The number of hydrogen-bond acceptors (Lipinski definition) is 8. The van der Waals surface area contributed by atoms with Gasteiger partial charge in [0.15, 0.2) is 0 Å². The molecule has 4 atom stereocenters. The molecule has 3 aromatic rings. The van der Waals surface area contributed by atoms with Crippen molar-refractivity contribution < 1.29 is 29.3 Å². The van der Waals surface area contributed by atoms with Gasteiger partial charge in [-0.15, -0.1) is 0 Å². The zero-order chi connectivity index (χ0) is 26.0. The number of carbonyl (C=O) groups is 1. The van der Waals surface area contributed by atoms with Crippen molar-refractivity contribution in [3.8, 4) is 17.4 Å². The van der Waals surface area contributed by atoms with Crippen LogP contribution in [0.1, 0.15) is 12.7 Å². The third-order valence-corrected chi connectivity index (χ3v) is 6.38. The van der Waals surface area contributed by atoms with Crippen molar-refractivity contribution in [2.24, 2.45) is 0 Å². The third-order valence-electron chi connectivity index (χ3n) is 6.38. The molecule has 0 aliphatic carbocycles. The first kappa shape index (κ1) is 25.4. The number of benzene rings is 2. The lowest BCUT2D eigenvalue weighted by Crippen LogP contribution is -2.56.